The van der Waals surface area contributed by atoms with Crippen LogP contribution in [0.15, 0.2) is 200 Å². The fourth-order valence-electron chi connectivity index (χ4n) is 9.28. The molecule has 0 spiro atoms. The Kier molecular flexibility index (Phi) is 7.77. The minimum atomic E-state index is -0.113. The maximum atomic E-state index is 2.44. The monoisotopic (exact) mass is 745 g/mol. The van der Waals surface area contributed by atoms with Gasteiger partial charge in [-0.1, -0.05) is 172 Å². The molecule has 1 aliphatic carbocycles. The molecule has 0 unspecified atom stereocenters. The van der Waals surface area contributed by atoms with Gasteiger partial charge in [-0.25, -0.2) is 0 Å². The van der Waals surface area contributed by atoms with E-state index in [1.54, 1.807) is 0 Å². The smallest absolute Gasteiger partial charge is 0.0467 e. The van der Waals surface area contributed by atoms with Crippen molar-refractivity contribution in [3.05, 3.63) is 211 Å². The number of hydrogen-bond acceptors (Lipinski definition) is 2. The van der Waals surface area contributed by atoms with Crippen LogP contribution in [-0.4, -0.2) is 0 Å². The number of rotatable bonds is 6. The Morgan fingerprint density at radius 3 is 1.89 bits per heavy atom. The highest BCUT2D eigenvalue weighted by molar-refractivity contribution is 7.26. The average Bonchev–Trinajstić information content (AvgIpc) is 3.76. The van der Waals surface area contributed by atoms with Crippen LogP contribution in [0.5, 0.6) is 0 Å². The second-order valence-electron chi connectivity index (χ2n) is 15.7. The number of nitrogens with zero attached hydrogens (tertiary/aromatic N) is 1. The maximum absolute atomic E-state index is 2.44. The first-order valence-corrected chi connectivity index (χ1v) is 20.6. The van der Waals surface area contributed by atoms with Crippen LogP contribution in [0.2, 0.25) is 0 Å². The van der Waals surface area contributed by atoms with Crippen molar-refractivity contribution in [1.29, 1.82) is 0 Å². The van der Waals surface area contributed by atoms with E-state index in [-0.39, 0.29) is 5.41 Å². The Morgan fingerprint density at radius 1 is 0.386 bits per heavy atom. The molecular weight excluding hydrogens is 707 g/mol. The minimum absolute atomic E-state index is 0.113. The minimum Gasteiger partial charge on any atom is -0.310 e. The lowest BCUT2D eigenvalue weighted by Gasteiger charge is -2.29. The van der Waals surface area contributed by atoms with Crippen LogP contribution in [0.25, 0.3) is 75.5 Å². The van der Waals surface area contributed by atoms with Gasteiger partial charge in [0.15, 0.2) is 0 Å². The Bertz CT molecular complexity index is 3150. The Morgan fingerprint density at radius 2 is 1.02 bits per heavy atom. The van der Waals surface area contributed by atoms with Gasteiger partial charge < -0.3 is 4.90 Å². The van der Waals surface area contributed by atoms with Crippen LogP contribution in [-0.2, 0) is 5.41 Å². The third kappa shape index (κ3) is 5.44. The first-order valence-electron chi connectivity index (χ1n) is 19.8. The molecule has 0 bridgehead atoms. The molecule has 9 aromatic carbocycles. The molecule has 0 saturated carbocycles. The van der Waals surface area contributed by atoms with E-state index in [1.807, 2.05) is 11.3 Å². The predicted molar refractivity (Wildman–Crippen MR) is 245 cm³/mol. The molecule has 11 rings (SSSR count). The van der Waals surface area contributed by atoms with Crippen LogP contribution in [0.4, 0.5) is 17.1 Å². The third-order valence-corrected chi connectivity index (χ3v) is 13.3. The fourth-order valence-corrected chi connectivity index (χ4v) is 10.5. The molecular formula is C55H39NS. The first kappa shape index (κ1) is 33.6. The number of thiophene rings is 1. The zero-order valence-electron chi connectivity index (χ0n) is 31.9. The van der Waals surface area contributed by atoms with Crippen molar-refractivity contribution in [2.24, 2.45) is 0 Å². The van der Waals surface area contributed by atoms with Gasteiger partial charge in [0.05, 0.1) is 0 Å². The van der Waals surface area contributed by atoms with Crippen molar-refractivity contribution in [3.8, 4) is 44.5 Å². The van der Waals surface area contributed by atoms with Crippen molar-refractivity contribution >= 4 is 59.3 Å². The summed E-state index contributed by atoms with van der Waals surface area (Å²) < 4.78 is 2.66. The van der Waals surface area contributed by atoms with Crippen molar-refractivity contribution in [1.82, 2.24) is 0 Å². The van der Waals surface area contributed by atoms with Crippen molar-refractivity contribution in [3.63, 3.8) is 0 Å². The zero-order chi connectivity index (χ0) is 38.1. The second-order valence-corrected chi connectivity index (χ2v) is 16.7. The highest BCUT2D eigenvalue weighted by atomic mass is 32.1. The van der Waals surface area contributed by atoms with Crippen molar-refractivity contribution in [2.45, 2.75) is 19.3 Å². The van der Waals surface area contributed by atoms with E-state index in [4.69, 9.17) is 0 Å². The van der Waals surface area contributed by atoms with Gasteiger partial charge >= 0.3 is 0 Å². The van der Waals surface area contributed by atoms with E-state index >= 15 is 0 Å². The van der Waals surface area contributed by atoms with E-state index in [2.05, 4.69) is 219 Å². The zero-order valence-corrected chi connectivity index (χ0v) is 32.7. The maximum Gasteiger partial charge on any atom is 0.0467 e. The van der Waals surface area contributed by atoms with Gasteiger partial charge in [-0.15, -0.1) is 11.3 Å². The van der Waals surface area contributed by atoms with E-state index < -0.39 is 0 Å². The third-order valence-electron chi connectivity index (χ3n) is 12.1. The lowest BCUT2D eigenvalue weighted by molar-refractivity contribution is 0.660. The molecule has 10 aromatic rings. The van der Waals surface area contributed by atoms with Gasteiger partial charge in [-0.3, -0.25) is 0 Å². The summed E-state index contributed by atoms with van der Waals surface area (Å²) >= 11 is 1.88. The van der Waals surface area contributed by atoms with E-state index in [0.29, 0.717) is 0 Å². The van der Waals surface area contributed by atoms with E-state index in [0.717, 1.165) is 17.1 Å². The molecule has 0 amide bonds. The summed E-state index contributed by atoms with van der Waals surface area (Å²) in [6.07, 6.45) is 0. The lowest BCUT2D eigenvalue weighted by Crippen LogP contribution is -2.16. The second kappa shape index (κ2) is 13.2. The molecule has 1 aromatic heterocycles. The summed E-state index contributed by atoms with van der Waals surface area (Å²) in [5.74, 6) is 0. The van der Waals surface area contributed by atoms with Crippen LogP contribution in [0.3, 0.4) is 0 Å². The Hall–Kier alpha value is -6.74. The number of hydrogen-bond donors (Lipinski definition) is 0. The molecule has 0 radical (unpaired) electrons. The summed E-state index contributed by atoms with van der Waals surface area (Å²) in [4.78, 5) is 2.44. The van der Waals surface area contributed by atoms with E-state index in [1.165, 1.54) is 86.6 Å². The summed E-state index contributed by atoms with van der Waals surface area (Å²) in [6.45, 7) is 4.72. The van der Waals surface area contributed by atoms with Gasteiger partial charge in [0.2, 0.25) is 0 Å². The molecule has 1 nitrogen and oxygen atoms in total. The lowest BCUT2D eigenvalue weighted by atomic mass is 9.82. The van der Waals surface area contributed by atoms with Gasteiger partial charge in [0.25, 0.3) is 0 Å². The largest absolute Gasteiger partial charge is 0.310 e. The average molecular weight is 746 g/mol. The fraction of sp³-hybridized carbons (Fsp3) is 0.0545. The first-order chi connectivity index (χ1) is 28.0. The molecule has 0 atom stereocenters. The van der Waals surface area contributed by atoms with Gasteiger partial charge in [0.1, 0.15) is 0 Å². The highest BCUT2D eigenvalue weighted by Gasteiger charge is 2.35. The molecule has 57 heavy (non-hydrogen) atoms. The number of anilines is 3. The molecule has 0 aliphatic heterocycles. The Balaban J connectivity index is 1.08. The molecule has 2 heteroatoms. The molecule has 0 N–H and O–H groups in total. The molecule has 270 valence electrons. The van der Waals surface area contributed by atoms with E-state index in [9.17, 15) is 0 Å². The molecule has 1 heterocycles. The molecule has 0 fully saturated rings. The SMILES string of the molecule is CC1(C)c2ccccc2-c2ccc(N(c3ccc(-c4cccc5c4sc4ccccc45)cc3)c3cccc(-c4ccc5ccccc5c4-c4ccccc4)c3)cc21. The van der Waals surface area contributed by atoms with Crippen molar-refractivity contribution in [2.75, 3.05) is 4.90 Å². The Labute approximate surface area is 337 Å². The summed E-state index contributed by atoms with van der Waals surface area (Å²) in [7, 11) is 0. The van der Waals surface area contributed by atoms with Gasteiger partial charge in [-0.2, -0.15) is 0 Å². The quantitative estimate of drug-likeness (QED) is 0.164. The van der Waals surface area contributed by atoms with Crippen LogP contribution >= 0.6 is 11.3 Å². The summed E-state index contributed by atoms with van der Waals surface area (Å²) in [6, 6.07) is 73.9. The predicted octanol–water partition coefficient (Wildman–Crippen LogP) is 16.0. The summed E-state index contributed by atoms with van der Waals surface area (Å²) in [5.41, 5.74) is 16.0. The standard InChI is InChI=1S/C55H39NS/c1-55(2)50-24-10-8-20-46(50)47-33-31-42(35-51(47)55)56(40-29-26-37(27-30-40)45-22-13-23-49-48-21-9-11-25-52(48)57-54(45)49)41-18-12-17-39(34-41)44-32-28-36-14-6-7-19-43(36)53(44)38-15-4-3-5-16-38/h3-35H,1-2H3. The number of fused-ring (bicyclic) bond motifs is 7. The van der Waals surface area contributed by atoms with Crippen LogP contribution in [0.1, 0.15) is 25.0 Å². The molecule has 1 aliphatic rings. The molecule has 0 saturated heterocycles. The van der Waals surface area contributed by atoms with Crippen LogP contribution in [0, 0.1) is 0 Å². The van der Waals surface area contributed by atoms with Crippen molar-refractivity contribution < 1.29 is 0 Å². The van der Waals surface area contributed by atoms with Crippen LogP contribution < -0.4 is 4.90 Å². The topological polar surface area (TPSA) is 3.24 Å². The summed E-state index contributed by atoms with van der Waals surface area (Å²) in [5, 5.41) is 5.14. The van der Waals surface area contributed by atoms with Gasteiger partial charge in [-0.05, 0) is 109 Å². The highest BCUT2D eigenvalue weighted by Crippen LogP contribution is 2.51. The number of benzene rings is 9. The normalized spacial score (nSPS) is 12.9. The van der Waals surface area contributed by atoms with Gasteiger partial charge in [0, 0.05) is 42.6 Å².